The Labute approximate surface area is 117 Å². The summed E-state index contributed by atoms with van der Waals surface area (Å²) in [5.74, 6) is 0.898. The van der Waals surface area contributed by atoms with E-state index in [2.05, 4.69) is 38.1 Å². The molecule has 2 nitrogen and oxygen atoms in total. The molecule has 0 aliphatic heterocycles. The summed E-state index contributed by atoms with van der Waals surface area (Å²) in [5.41, 5.74) is 8.79. The highest BCUT2D eigenvalue weighted by Gasteiger charge is 2.22. The molecule has 2 unspecified atom stereocenters. The van der Waals surface area contributed by atoms with Gasteiger partial charge in [-0.25, -0.2) is 0 Å². The molecule has 0 spiro atoms. The van der Waals surface area contributed by atoms with Crippen LogP contribution in [-0.4, -0.2) is 12.6 Å². The van der Waals surface area contributed by atoms with Gasteiger partial charge in [0, 0.05) is 12.6 Å². The lowest BCUT2D eigenvalue weighted by atomic mass is 9.83. The van der Waals surface area contributed by atoms with Crippen molar-refractivity contribution in [2.45, 2.75) is 58.1 Å². The third kappa shape index (κ3) is 3.80. The molecule has 2 atom stereocenters. The molecular weight excluding hydrogens is 234 g/mol. The van der Waals surface area contributed by atoms with Crippen LogP contribution in [0.4, 0.5) is 0 Å². The first-order chi connectivity index (χ1) is 9.22. The lowest BCUT2D eigenvalue weighted by Crippen LogP contribution is -2.30. The van der Waals surface area contributed by atoms with Gasteiger partial charge in [-0.3, -0.25) is 0 Å². The summed E-state index contributed by atoms with van der Waals surface area (Å²) in [4.78, 5) is 0. The monoisotopic (exact) mass is 261 g/mol. The molecule has 1 saturated carbocycles. The molecule has 19 heavy (non-hydrogen) atoms. The molecule has 2 N–H and O–H groups in total. The van der Waals surface area contributed by atoms with E-state index in [4.69, 9.17) is 10.5 Å². The standard InChI is InChI=1S/C17H27NO/c1-3-16(18)17(15-10-5-4-7-13(15)2)19-12-11-14-8-6-9-14/h4-5,7,10,14,16-17H,3,6,8-9,11-12,18H2,1-2H3. The normalized spacial score (nSPS) is 18.9. The van der Waals surface area contributed by atoms with Crippen molar-refractivity contribution in [3.8, 4) is 0 Å². The van der Waals surface area contributed by atoms with E-state index < -0.39 is 0 Å². The van der Waals surface area contributed by atoms with Crippen LogP contribution in [0.25, 0.3) is 0 Å². The van der Waals surface area contributed by atoms with Crippen molar-refractivity contribution < 1.29 is 4.74 Å². The number of hydrogen-bond acceptors (Lipinski definition) is 2. The molecule has 1 aliphatic carbocycles. The smallest absolute Gasteiger partial charge is 0.0978 e. The maximum Gasteiger partial charge on any atom is 0.0978 e. The fourth-order valence-corrected chi connectivity index (χ4v) is 2.71. The maximum atomic E-state index is 6.26. The van der Waals surface area contributed by atoms with Crippen molar-refractivity contribution in [3.63, 3.8) is 0 Å². The van der Waals surface area contributed by atoms with Crippen molar-refractivity contribution >= 4 is 0 Å². The second kappa shape index (κ2) is 7.06. The summed E-state index contributed by atoms with van der Waals surface area (Å²) in [7, 11) is 0. The molecule has 1 fully saturated rings. The van der Waals surface area contributed by atoms with Gasteiger partial charge in [0.1, 0.15) is 0 Å². The molecule has 0 bridgehead atoms. The van der Waals surface area contributed by atoms with Gasteiger partial charge in [-0.15, -0.1) is 0 Å². The number of aryl methyl sites for hydroxylation is 1. The Kier molecular flexibility index (Phi) is 5.41. The van der Waals surface area contributed by atoms with Crippen molar-refractivity contribution in [1.82, 2.24) is 0 Å². The third-order valence-electron chi connectivity index (χ3n) is 4.40. The topological polar surface area (TPSA) is 35.2 Å². The van der Waals surface area contributed by atoms with Gasteiger partial charge in [0.25, 0.3) is 0 Å². The van der Waals surface area contributed by atoms with Gasteiger partial charge in [0.15, 0.2) is 0 Å². The Morgan fingerprint density at radius 1 is 1.32 bits per heavy atom. The van der Waals surface area contributed by atoms with Gasteiger partial charge >= 0.3 is 0 Å². The summed E-state index contributed by atoms with van der Waals surface area (Å²) in [6.07, 6.45) is 6.36. The summed E-state index contributed by atoms with van der Waals surface area (Å²) in [5, 5.41) is 0. The summed E-state index contributed by atoms with van der Waals surface area (Å²) >= 11 is 0. The quantitative estimate of drug-likeness (QED) is 0.805. The number of nitrogens with two attached hydrogens (primary N) is 1. The molecule has 1 aromatic carbocycles. The lowest BCUT2D eigenvalue weighted by Gasteiger charge is -2.29. The number of ether oxygens (including phenoxy) is 1. The van der Waals surface area contributed by atoms with E-state index >= 15 is 0 Å². The Hall–Kier alpha value is -0.860. The van der Waals surface area contributed by atoms with Crippen LogP contribution in [0.2, 0.25) is 0 Å². The maximum absolute atomic E-state index is 6.26. The average molecular weight is 261 g/mol. The molecule has 106 valence electrons. The fourth-order valence-electron chi connectivity index (χ4n) is 2.71. The number of hydrogen-bond donors (Lipinski definition) is 1. The molecule has 0 amide bonds. The molecule has 1 aliphatic rings. The summed E-state index contributed by atoms with van der Waals surface area (Å²) < 4.78 is 6.14. The van der Waals surface area contributed by atoms with Crippen molar-refractivity contribution in [3.05, 3.63) is 35.4 Å². The molecule has 1 aromatic rings. The zero-order chi connectivity index (χ0) is 13.7. The fraction of sp³-hybridized carbons (Fsp3) is 0.647. The van der Waals surface area contributed by atoms with Gasteiger partial charge in [-0.05, 0) is 36.8 Å². The van der Waals surface area contributed by atoms with Crippen LogP contribution < -0.4 is 5.73 Å². The lowest BCUT2D eigenvalue weighted by molar-refractivity contribution is 0.0199. The van der Waals surface area contributed by atoms with Crippen molar-refractivity contribution in [2.24, 2.45) is 11.7 Å². The van der Waals surface area contributed by atoms with Crippen LogP contribution in [0.3, 0.4) is 0 Å². The molecule has 0 heterocycles. The average Bonchev–Trinajstić information content (AvgIpc) is 2.37. The van der Waals surface area contributed by atoms with Crippen molar-refractivity contribution in [1.29, 1.82) is 0 Å². The predicted molar refractivity (Wildman–Crippen MR) is 80.1 cm³/mol. The summed E-state index contributed by atoms with van der Waals surface area (Å²) in [6.45, 7) is 5.11. The number of rotatable bonds is 7. The van der Waals surface area contributed by atoms with Crippen LogP contribution in [0.1, 0.15) is 56.3 Å². The van der Waals surface area contributed by atoms with Crippen LogP contribution in [0.15, 0.2) is 24.3 Å². The molecular formula is C17H27NO. The largest absolute Gasteiger partial charge is 0.372 e. The third-order valence-corrected chi connectivity index (χ3v) is 4.40. The molecule has 2 rings (SSSR count). The van der Waals surface area contributed by atoms with E-state index in [9.17, 15) is 0 Å². The second-order valence-corrected chi connectivity index (χ2v) is 5.81. The molecule has 2 heteroatoms. The van der Waals surface area contributed by atoms with Gasteiger partial charge in [0.05, 0.1) is 6.10 Å². The van der Waals surface area contributed by atoms with Crippen LogP contribution in [0, 0.1) is 12.8 Å². The Morgan fingerprint density at radius 2 is 2.05 bits per heavy atom. The van der Waals surface area contributed by atoms with Gasteiger partial charge < -0.3 is 10.5 Å². The Bertz CT molecular complexity index is 387. The molecule has 0 aromatic heterocycles. The predicted octanol–water partition coefficient (Wildman–Crippen LogP) is 3.98. The minimum atomic E-state index is 0.0475. The van der Waals surface area contributed by atoms with Crippen LogP contribution in [0.5, 0.6) is 0 Å². The first kappa shape index (κ1) is 14.5. The highest BCUT2D eigenvalue weighted by molar-refractivity contribution is 5.28. The Balaban J connectivity index is 1.96. The highest BCUT2D eigenvalue weighted by atomic mass is 16.5. The van der Waals surface area contributed by atoms with E-state index in [1.807, 2.05) is 0 Å². The minimum absolute atomic E-state index is 0.0475. The number of benzene rings is 1. The van der Waals surface area contributed by atoms with Crippen molar-refractivity contribution in [2.75, 3.05) is 6.61 Å². The Morgan fingerprint density at radius 3 is 2.63 bits per heavy atom. The minimum Gasteiger partial charge on any atom is -0.372 e. The van der Waals surface area contributed by atoms with Gasteiger partial charge in [-0.2, -0.15) is 0 Å². The zero-order valence-electron chi connectivity index (χ0n) is 12.3. The second-order valence-electron chi connectivity index (χ2n) is 5.81. The SMILES string of the molecule is CCC(N)C(OCCC1CCC1)c1ccccc1C. The van der Waals surface area contributed by atoms with E-state index in [0.29, 0.717) is 0 Å². The van der Waals surface area contributed by atoms with Gasteiger partial charge in [0.2, 0.25) is 0 Å². The summed E-state index contributed by atoms with van der Waals surface area (Å²) in [6, 6.07) is 8.52. The molecule has 0 radical (unpaired) electrons. The van der Waals surface area contributed by atoms with E-state index in [-0.39, 0.29) is 12.1 Å². The first-order valence-corrected chi connectivity index (χ1v) is 7.65. The van der Waals surface area contributed by atoms with Gasteiger partial charge in [-0.1, -0.05) is 50.5 Å². The zero-order valence-corrected chi connectivity index (χ0v) is 12.3. The highest BCUT2D eigenvalue weighted by Crippen LogP contribution is 2.31. The van der Waals surface area contributed by atoms with Crippen LogP contribution in [-0.2, 0) is 4.74 Å². The van der Waals surface area contributed by atoms with E-state index in [1.54, 1.807) is 0 Å². The molecule has 0 saturated heterocycles. The first-order valence-electron chi connectivity index (χ1n) is 7.65. The van der Waals surface area contributed by atoms with E-state index in [1.165, 1.54) is 36.8 Å². The van der Waals surface area contributed by atoms with Crippen LogP contribution >= 0.6 is 0 Å². The van der Waals surface area contributed by atoms with E-state index in [0.717, 1.165) is 18.9 Å².